The maximum Gasteiger partial charge on any atom is 0.273 e. The zero-order chi connectivity index (χ0) is 15.2. The van der Waals surface area contributed by atoms with Crippen LogP contribution >= 0.6 is 0 Å². The molecule has 0 aliphatic heterocycles. The van der Waals surface area contributed by atoms with E-state index in [0.717, 1.165) is 25.9 Å². The van der Waals surface area contributed by atoms with Gasteiger partial charge in [-0.2, -0.15) is 0 Å². The normalized spacial score (nSPS) is 25.7. The predicted molar refractivity (Wildman–Crippen MR) is 80.6 cm³/mol. The van der Waals surface area contributed by atoms with Gasteiger partial charge in [-0.05, 0) is 26.2 Å². The van der Waals surface area contributed by atoms with Gasteiger partial charge in [0, 0.05) is 42.9 Å². The van der Waals surface area contributed by atoms with Crippen LogP contribution in [-0.4, -0.2) is 39.0 Å². The molecule has 2 heterocycles. The van der Waals surface area contributed by atoms with Crippen molar-refractivity contribution in [2.24, 2.45) is 5.41 Å². The van der Waals surface area contributed by atoms with Gasteiger partial charge in [-0.3, -0.25) is 4.79 Å². The number of amides is 1. The summed E-state index contributed by atoms with van der Waals surface area (Å²) in [6, 6.07) is 0.197. The molecule has 0 saturated heterocycles. The fraction of sp³-hybridized carbons (Fsp3) is 0.562. The average Bonchev–Trinajstić information content (AvgIpc) is 2.92. The van der Waals surface area contributed by atoms with Crippen molar-refractivity contribution >= 4 is 11.6 Å². The molecule has 6 heteroatoms. The molecule has 2 aliphatic rings. The van der Waals surface area contributed by atoms with Crippen LogP contribution in [0.5, 0.6) is 0 Å². The van der Waals surface area contributed by atoms with E-state index in [1.165, 1.54) is 6.42 Å². The lowest BCUT2D eigenvalue weighted by Gasteiger charge is -2.60. The van der Waals surface area contributed by atoms with Gasteiger partial charge in [0.25, 0.3) is 5.91 Å². The Hall–Kier alpha value is -1.95. The number of nitrogens with zero attached hydrogens (tertiary/aromatic N) is 3. The van der Waals surface area contributed by atoms with E-state index in [1.54, 1.807) is 18.6 Å². The highest BCUT2D eigenvalue weighted by atomic mass is 16.5. The molecule has 0 radical (unpaired) electrons. The van der Waals surface area contributed by atoms with E-state index >= 15 is 0 Å². The Labute approximate surface area is 128 Å². The van der Waals surface area contributed by atoms with Crippen molar-refractivity contribution < 1.29 is 9.53 Å². The average molecular weight is 300 g/mol. The predicted octanol–water partition coefficient (Wildman–Crippen LogP) is 1.81. The Morgan fingerprint density at radius 2 is 2.18 bits per heavy atom. The largest absolute Gasteiger partial charge is 0.378 e. The highest BCUT2D eigenvalue weighted by molar-refractivity contribution is 5.98. The summed E-state index contributed by atoms with van der Waals surface area (Å²) in [6.07, 6.45) is 11.6. The summed E-state index contributed by atoms with van der Waals surface area (Å²) in [4.78, 5) is 21.0. The summed E-state index contributed by atoms with van der Waals surface area (Å²) in [5.41, 5.74) is 1.15. The molecule has 2 atom stereocenters. The molecule has 2 unspecified atom stereocenters. The summed E-state index contributed by atoms with van der Waals surface area (Å²) in [5.74, 6) is -0.136. The minimum absolute atomic E-state index is 0.136. The molecule has 2 fully saturated rings. The molecule has 116 valence electrons. The number of nitrogens with one attached hydrogen (secondary N) is 1. The lowest BCUT2D eigenvalue weighted by Crippen LogP contribution is -2.67. The molecule has 2 aromatic rings. The second-order valence-corrected chi connectivity index (χ2v) is 6.23. The fourth-order valence-corrected chi connectivity index (χ4v) is 3.88. The standard InChI is InChI=1S/C16H20N4O2/c1-2-22-12-10-11(16(12)4-3-5-16)19-15(21)13-14-18-7-9-20(14)8-6-17-13/h6-9,11-12H,2-5,10H2,1H3,(H,19,21). The van der Waals surface area contributed by atoms with Crippen LogP contribution in [0.15, 0.2) is 24.8 Å². The summed E-state index contributed by atoms with van der Waals surface area (Å²) in [7, 11) is 0. The quantitative estimate of drug-likeness (QED) is 0.935. The van der Waals surface area contributed by atoms with Crippen LogP contribution in [0.25, 0.3) is 5.65 Å². The highest BCUT2D eigenvalue weighted by Gasteiger charge is 2.59. The third-order valence-corrected chi connectivity index (χ3v) is 5.27. The molecule has 0 bridgehead atoms. The summed E-state index contributed by atoms with van der Waals surface area (Å²) in [5, 5.41) is 3.16. The monoisotopic (exact) mass is 300 g/mol. The number of carbonyl (C=O) groups is 1. The van der Waals surface area contributed by atoms with Crippen LogP contribution in [-0.2, 0) is 4.74 Å². The van der Waals surface area contributed by atoms with Gasteiger partial charge in [-0.25, -0.2) is 9.97 Å². The Morgan fingerprint density at radius 3 is 2.86 bits per heavy atom. The third-order valence-electron chi connectivity index (χ3n) is 5.27. The van der Waals surface area contributed by atoms with E-state index in [2.05, 4.69) is 15.3 Å². The molecule has 2 aliphatic carbocycles. The van der Waals surface area contributed by atoms with Crippen molar-refractivity contribution in [3.05, 3.63) is 30.5 Å². The van der Waals surface area contributed by atoms with Crippen LogP contribution < -0.4 is 5.32 Å². The van der Waals surface area contributed by atoms with E-state index in [-0.39, 0.29) is 17.4 Å². The molecule has 1 amide bonds. The van der Waals surface area contributed by atoms with E-state index in [0.29, 0.717) is 17.4 Å². The molecular formula is C16H20N4O2. The molecule has 6 nitrogen and oxygen atoms in total. The summed E-state index contributed by atoms with van der Waals surface area (Å²) >= 11 is 0. The highest BCUT2D eigenvalue weighted by Crippen LogP contribution is 2.57. The van der Waals surface area contributed by atoms with Crippen molar-refractivity contribution in [1.82, 2.24) is 19.7 Å². The number of imidazole rings is 1. The lowest BCUT2D eigenvalue weighted by molar-refractivity contribution is -0.169. The van der Waals surface area contributed by atoms with Gasteiger partial charge in [0.1, 0.15) is 0 Å². The number of fused-ring (bicyclic) bond motifs is 1. The smallest absolute Gasteiger partial charge is 0.273 e. The first-order valence-electron chi connectivity index (χ1n) is 7.95. The van der Waals surface area contributed by atoms with Gasteiger partial charge in [-0.1, -0.05) is 6.42 Å². The number of rotatable bonds is 4. The number of carbonyl (C=O) groups excluding carboxylic acids is 1. The zero-order valence-electron chi connectivity index (χ0n) is 12.7. The van der Waals surface area contributed by atoms with E-state index in [4.69, 9.17) is 4.74 Å². The van der Waals surface area contributed by atoms with E-state index < -0.39 is 0 Å². The Balaban J connectivity index is 1.52. The number of aromatic nitrogens is 3. The molecule has 2 saturated carbocycles. The minimum Gasteiger partial charge on any atom is -0.378 e. The first-order chi connectivity index (χ1) is 10.7. The van der Waals surface area contributed by atoms with Crippen molar-refractivity contribution in [3.63, 3.8) is 0 Å². The van der Waals surface area contributed by atoms with E-state index in [9.17, 15) is 4.79 Å². The molecule has 0 aromatic carbocycles. The molecule has 4 rings (SSSR count). The van der Waals surface area contributed by atoms with Crippen LogP contribution in [0.3, 0.4) is 0 Å². The molecule has 1 N–H and O–H groups in total. The van der Waals surface area contributed by atoms with Crippen LogP contribution in [0, 0.1) is 5.41 Å². The number of ether oxygens (including phenoxy) is 1. The summed E-state index contributed by atoms with van der Waals surface area (Å²) < 4.78 is 7.64. The van der Waals surface area contributed by atoms with Gasteiger partial charge in [0.05, 0.1) is 6.10 Å². The van der Waals surface area contributed by atoms with Crippen LogP contribution in [0.4, 0.5) is 0 Å². The number of hydrogen-bond acceptors (Lipinski definition) is 4. The Morgan fingerprint density at radius 1 is 1.41 bits per heavy atom. The van der Waals surface area contributed by atoms with Gasteiger partial charge in [-0.15, -0.1) is 0 Å². The van der Waals surface area contributed by atoms with Gasteiger partial charge < -0.3 is 14.5 Å². The second kappa shape index (κ2) is 5.05. The maximum absolute atomic E-state index is 12.6. The Kier molecular flexibility index (Phi) is 3.14. The van der Waals surface area contributed by atoms with Crippen molar-refractivity contribution in [3.8, 4) is 0 Å². The second-order valence-electron chi connectivity index (χ2n) is 6.23. The third kappa shape index (κ3) is 1.86. The van der Waals surface area contributed by atoms with Crippen molar-refractivity contribution in [2.45, 2.75) is 44.8 Å². The first-order valence-corrected chi connectivity index (χ1v) is 7.95. The van der Waals surface area contributed by atoms with Crippen LogP contribution in [0.2, 0.25) is 0 Å². The van der Waals surface area contributed by atoms with Crippen molar-refractivity contribution in [1.29, 1.82) is 0 Å². The SMILES string of the molecule is CCOC1CC(NC(=O)c2nccn3ccnc23)C12CCC2. The molecular weight excluding hydrogens is 280 g/mol. The molecule has 1 spiro atoms. The van der Waals surface area contributed by atoms with E-state index in [1.807, 2.05) is 17.5 Å². The van der Waals surface area contributed by atoms with Gasteiger partial charge in [0.15, 0.2) is 11.3 Å². The lowest BCUT2D eigenvalue weighted by atomic mass is 9.51. The zero-order valence-corrected chi connectivity index (χ0v) is 12.7. The first kappa shape index (κ1) is 13.7. The summed E-state index contributed by atoms with van der Waals surface area (Å²) in [6.45, 7) is 2.77. The fourth-order valence-electron chi connectivity index (χ4n) is 3.88. The Bertz CT molecular complexity index is 707. The number of hydrogen-bond donors (Lipinski definition) is 1. The van der Waals surface area contributed by atoms with Crippen LogP contribution in [0.1, 0.15) is 43.1 Å². The minimum atomic E-state index is -0.136. The molecule has 22 heavy (non-hydrogen) atoms. The molecule has 2 aromatic heterocycles. The van der Waals surface area contributed by atoms with Crippen molar-refractivity contribution in [2.75, 3.05) is 6.61 Å². The van der Waals surface area contributed by atoms with Gasteiger partial charge in [0.2, 0.25) is 0 Å². The van der Waals surface area contributed by atoms with Gasteiger partial charge >= 0.3 is 0 Å². The maximum atomic E-state index is 12.6. The topological polar surface area (TPSA) is 68.5 Å².